The summed E-state index contributed by atoms with van der Waals surface area (Å²) in [4.78, 5) is 13.8. The number of ether oxygens (including phenoxy) is 1. The van der Waals surface area contributed by atoms with Crippen LogP contribution in [0.4, 0.5) is 0 Å². The van der Waals surface area contributed by atoms with Crippen LogP contribution in [-0.4, -0.2) is 31.0 Å². The Bertz CT molecular complexity index is 375. The van der Waals surface area contributed by atoms with E-state index in [0.29, 0.717) is 29.4 Å². The fourth-order valence-corrected chi connectivity index (χ4v) is 1.68. The minimum absolute atomic E-state index is 0.0292. The van der Waals surface area contributed by atoms with Crippen molar-refractivity contribution < 1.29 is 9.53 Å². The molecule has 1 amide bonds. The lowest BCUT2D eigenvalue weighted by atomic mass is 10.1. The molecule has 0 saturated heterocycles. The highest BCUT2D eigenvalue weighted by atomic mass is 35.5. The summed E-state index contributed by atoms with van der Waals surface area (Å²) < 4.78 is 5.15. The molecule has 16 heavy (non-hydrogen) atoms. The average Bonchev–Trinajstić information content (AvgIpc) is 2.30. The average molecular weight is 242 g/mol. The number of methoxy groups -OCH3 is 1. The molecule has 0 bridgehead atoms. The molecule has 0 aliphatic heterocycles. The van der Waals surface area contributed by atoms with Gasteiger partial charge >= 0.3 is 0 Å². The van der Waals surface area contributed by atoms with Crippen LogP contribution < -0.4 is 4.74 Å². The van der Waals surface area contributed by atoms with Crippen molar-refractivity contribution >= 4 is 17.5 Å². The lowest BCUT2D eigenvalue weighted by Gasteiger charge is -2.19. The predicted octanol–water partition coefficient (Wildman–Crippen LogP) is 2.83. The van der Waals surface area contributed by atoms with Crippen LogP contribution in [0, 0.1) is 0 Å². The van der Waals surface area contributed by atoms with Crippen molar-refractivity contribution in [3.8, 4) is 5.75 Å². The molecule has 4 heteroatoms. The van der Waals surface area contributed by atoms with Crippen LogP contribution in [-0.2, 0) is 0 Å². The van der Waals surface area contributed by atoms with Gasteiger partial charge in [-0.1, -0.05) is 11.6 Å². The van der Waals surface area contributed by atoms with Crippen LogP contribution in [0.5, 0.6) is 5.75 Å². The zero-order valence-corrected chi connectivity index (χ0v) is 10.5. The topological polar surface area (TPSA) is 29.5 Å². The number of hydrogen-bond acceptors (Lipinski definition) is 2. The molecule has 0 radical (unpaired) electrons. The summed E-state index contributed by atoms with van der Waals surface area (Å²) in [6.45, 7) is 5.26. The molecule has 0 aromatic heterocycles. The number of rotatable bonds is 4. The number of carbonyl (C=O) groups is 1. The summed E-state index contributed by atoms with van der Waals surface area (Å²) in [5.74, 6) is 0.489. The van der Waals surface area contributed by atoms with E-state index in [2.05, 4.69) is 0 Å². The van der Waals surface area contributed by atoms with Gasteiger partial charge in [-0.3, -0.25) is 4.79 Å². The zero-order chi connectivity index (χ0) is 12.1. The van der Waals surface area contributed by atoms with Crippen LogP contribution in [0.15, 0.2) is 18.2 Å². The molecule has 88 valence electrons. The Balaban J connectivity index is 3.07. The molecule has 0 spiro atoms. The maximum Gasteiger partial charge on any atom is 0.257 e. The van der Waals surface area contributed by atoms with Gasteiger partial charge in [0.1, 0.15) is 5.75 Å². The van der Waals surface area contributed by atoms with Gasteiger partial charge in [0.05, 0.1) is 12.7 Å². The second kappa shape index (κ2) is 5.75. The standard InChI is InChI=1S/C12H16ClNO2/c1-4-14(5-2)12(15)10-7-6-9(13)8-11(10)16-3/h6-8H,4-5H2,1-3H3. The SMILES string of the molecule is CCN(CC)C(=O)c1ccc(Cl)cc1OC. The van der Waals surface area contributed by atoms with Gasteiger partial charge in [0.25, 0.3) is 5.91 Å². The number of nitrogens with zero attached hydrogens (tertiary/aromatic N) is 1. The Hall–Kier alpha value is -1.22. The molecule has 3 nitrogen and oxygen atoms in total. The largest absolute Gasteiger partial charge is 0.496 e. The second-order valence-corrected chi connectivity index (χ2v) is 3.76. The fourth-order valence-electron chi connectivity index (χ4n) is 1.52. The summed E-state index contributed by atoms with van der Waals surface area (Å²) in [6.07, 6.45) is 0. The molecule has 1 rings (SSSR count). The van der Waals surface area contributed by atoms with Gasteiger partial charge in [-0.2, -0.15) is 0 Å². The third-order valence-corrected chi connectivity index (χ3v) is 2.68. The highest BCUT2D eigenvalue weighted by Gasteiger charge is 2.17. The molecule has 0 heterocycles. The van der Waals surface area contributed by atoms with Crippen molar-refractivity contribution in [2.24, 2.45) is 0 Å². The Morgan fingerprint density at radius 1 is 1.38 bits per heavy atom. The zero-order valence-electron chi connectivity index (χ0n) is 9.79. The summed E-state index contributed by atoms with van der Waals surface area (Å²) in [7, 11) is 1.53. The molecule has 0 atom stereocenters. The first-order valence-corrected chi connectivity index (χ1v) is 5.64. The van der Waals surface area contributed by atoms with E-state index in [9.17, 15) is 4.79 Å². The first-order chi connectivity index (χ1) is 7.63. The molecule has 0 aliphatic rings. The Morgan fingerprint density at radius 3 is 2.50 bits per heavy atom. The fraction of sp³-hybridized carbons (Fsp3) is 0.417. The van der Waals surface area contributed by atoms with Crippen molar-refractivity contribution in [1.29, 1.82) is 0 Å². The van der Waals surface area contributed by atoms with Crippen LogP contribution in [0.1, 0.15) is 24.2 Å². The number of carbonyl (C=O) groups excluding carboxylic acids is 1. The third-order valence-electron chi connectivity index (χ3n) is 2.44. The molecule has 1 aromatic rings. The van der Waals surface area contributed by atoms with Gasteiger partial charge in [-0.05, 0) is 32.0 Å². The summed E-state index contributed by atoms with van der Waals surface area (Å²) >= 11 is 5.84. The summed E-state index contributed by atoms with van der Waals surface area (Å²) in [5, 5.41) is 0.563. The predicted molar refractivity (Wildman–Crippen MR) is 65.3 cm³/mol. The van der Waals surface area contributed by atoms with E-state index in [1.54, 1.807) is 23.1 Å². The molecule has 0 fully saturated rings. The van der Waals surface area contributed by atoms with E-state index in [1.807, 2.05) is 13.8 Å². The number of halogens is 1. The number of benzene rings is 1. The minimum Gasteiger partial charge on any atom is -0.496 e. The molecule has 0 saturated carbocycles. The molecule has 0 unspecified atom stereocenters. The van der Waals surface area contributed by atoms with E-state index >= 15 is 0 Å². The first-order valence-electron chi connectivity index (χ1n) is 5.26. The molecular formula is C12H16ClNO2. The van der Waals surface area contributed by atoms with E-state index in [0.717, 1.165) is 0 Å². The Kier molecular flexibility index (Phi) is 4.62. The number of hydrogen-bond donors (Lipinski definition) is 0. The quantitative estimate of drug-likeness (QED) is 0.811. The second-order valence-electron chi connectivity index (χ2n) is 3.32. The van der Waals surface area contributed by atoms with E-state index in [-0.39, 0.29) is 5.91 Å². The maximum absolute atomic E-state index is 12.1. The Labute approximate surface area is 101 Å². The van der Waals surface area contributed by atoms with Gasteiger partial charge in [-0.25, -0.2) is 0 Å². The summed E-state index contributed by atoms with van der Waals surface area (Å²) in [6, 6.07) is 5.04. The first kappa shape index (κ1) is 12.8. The highest BCUT2D eigenvalue weighted by molar-refractivity contribution is 6.30. The van der Waals surface area contributed by atoms with Gasteiger partial charge < -0.3 is 9.64 Å². The molecular weight excluding hydrogens is 226 g/mol. The van der Waals surface area contributed by atoms with Gasteiger partial charge in [0, 0.05) is 18.1 Å². The van der Waals surface area contributed by atoms with Crippen molar-refractivity contribution in [1.82, 2.24) is 4.90 Å². The molecule has 0 aliphatic carbocycles. The van der Waals surface area contributed by atoms with Crippen molar-refractivity contribution in [2.75, 3.05) is 20.2 Å². The van der Waals surface area contributed by atoms with Gasteiger partial charge in [-0.15, -0.1) is 0 Å². The highest BCUT2D eigenvalue weighted by Crippen LogP contribution is 2.24. The van der Waals surface area contributed by atoms with Crippen LogP contribution in [0.25, 0.3) is 0 Å². The third kappa shape index (κ3) is 2.67. The smallest absolute Gasteiger partial charge is 0.257 e. The van der Waals surface area contributed by atoms with E-state index < -0.39 is 0 Å². The Morgan fingerprint density at radius 2 is 2.00 bits per heavy atom. The normalized spacial score (nSPS) is 10.0. The summed E-state index contributed by atoms with van der Waals surface area (Å²) in [5.41, 5.74) is 0.551. The lowest BCUT2D eigenvalue weighted by Crippen LogP contribution is -2.30. The lowest BCUT2D eigenvalue weighted by molar-refractivity contribution is 0.0769. The van der Waals surface area contributed by atoms with Crippen molar-refractivity contribution in [3.63, 3.8) is 0 Å². The number of amides is 1. The van der Waals surface area contributed by atoms with Crippen molar-refractivity contribution in [2.45, 2.75) is 13.8 Å². The van der Waals surface area contributed by atoms with Gasteiger partial charge in [0.2, 0.25) is 0 Å². The van der Waals surface area contributed by atoms with Crippen LogP contribution in [0.3, 0.4) is 0 Å². The molecule has 0 N–H and O–H groups in total. The van der Waals surface area contributed by atoms with Crippen LogP contribution >= 0.6 is 11.6 Å². The monoisotopic (exact) mass is 241 g/mol. The van der Waals surface area contributed by atoms with E-state index in [1.165, 1.54) is 7.11 Å². The maximum atomic E-state index is 12.1. The van der Waals surface area contributed by atoms with Gasteiger partial charge in [0.15, 0.2) is 0 Å². The molecule has 1 aromatic carbocycles. The van der Waals surface area contributed by atoms with Crippen LogP contribution in [0.2, 0.25) is 5.02 Å². The van der Waals surface area contributed by atoms with E-state index in [4.69, 9.17) is 16.3 Å². The minimum atomic E-state index is -0.0292. The van der Waals surface area contributed by atoms with Crippen molar-refractivity contribution in [3.05, 3.63) is 28.8 Å².